The maximum Gasteiger partial charge on any atom is 1.00 e. The molecule has 1 fully saturated rings. The SMILES string of the molecule is CC(O)[C@@H]1C(=O)N2C(C(=O)[O-])=C(Sc3nnnn3C)S[C@H]12.[Na+]. The minimum absolute atomic E-state index is 0. The molecule has 12 heteroatoms. The normalized spacial score (nSPS) is 24.7. The maximum atomic E-state index is 12.0. The summed E-state index contributed by atoms with van der Waals surface area (Å²) < 4.78 is 1.78. The summed E-state index contributed by atoms with van der Waals surface area (Å²) in [6, 6.07) is 0. The van der Waals surface area contributed by atoms with E-state index in [1.54, 1.807) is 7.05 Å². The molecule has 1 N–H and O–H groups in total. The molecule has 1 aromatic rings. The molecule has 3 atom stereocenters. The first-order valence-corrected chi connectivity index (χ1v) is 7.65. The summed E-state index contributed by atoms with van der Waals surface area (Å²) in [6.45, 7) is 1.51. The fraction of sp³-hybridized carbons (Fsp3) is 0.500. The van der Waals surface area contributed by atoms with Crippen LogP contribution in [0.15, 0.2) is 15.1 Å². The van der Waals surface area contributed by atoms with Gasteiger partial charge < -0.3 is 15.0 Å². The van der Waals surface area contributed by atoms with Gasteiger partial charge in [0.2, 0.25) is 11.1 Å². The van der Waals surface area contributed by atoms with Crippen LogP contribution in [0.2, 0.25) is 0 Å². The van der Waals surface area contributed by atoms with E-state index in [-0.39, 0.29) is 35.3 Å². The van der Waals surface area contributed by atoms with Crippen LogP contribution in [0.25, 0.3) is 0 Å². The van der Waals surface area contributed by atoms with E-state index in [1.165, 1.54) is 23.4 Å². The molecule has 9 nitrogen and oxygen atoms in total. The molecule has 2 aliphatic rings. The predicted octanol–water partition coefficient (Wildman–Crippen LogP) is -4.86. The van der Waals surface area contributed by atoms with Gasteiger partial charge in [-0.15, -0.1) is 5.10 Å². The Kier molecular flexibility index (Phi) is 5.24. The first kappa shape index (κ1) is 17.8. The topological polar surface area (TPSA) is 124 Å². The third-order valence-corrected chi connectivity index (χ3v) is 5.82. The summed E-state index contributed by atoms with van der Waals surface area (Å²) in [5, 5.41) is 31.8. The van der Waals surface area contributed by atoms with Crippen LogP contribution in [0.3, 0.4) is 0 Å². The molecule has 2 aliphatic heterocycles. The number of fused-ring (bicyclic) bond motifs is 1. The number of amides is 1. The first-order valence-electron chi connectivity index (χ1n) is 5.95. The van der Waals surface area contributed by atoms with Crippen molar-refractivity contribution in [3.8, 4) is 0 Å². The number of carbonyl (C=O) groups is 2. The fourth-order valence-electron chi connectivity index (χ4n) is 2.20. The van der Waals surface area contributed by atoms with Crippen LogP contribution >= 0.6 is 23.5 Å². The van der Waals surface area contributed by atoms with Gasteiger partial charge in [0.25, 0.3) is 0 Å². The van der Waals surface area contributed by atoms with E-state index in [0.29, 0.717) is 9.39 Å². The van der Waals surface area contributed by atoms with Crippen molar-refractivity contribution in [3.63, 3.8) is 0 Å². The van der Waals surface area contributed by atoms with E-state index < -0.39 is 29.3 Å². The quantitative estimate of drug-likeness (QED) is 0.420. The number of β-lactam (4-membered cyclic amide) rings is 1. The fourth-order valence-corrected chi connectivity index (χ4v) is 4.92. The van der Waals surface area contributed by atoms with Crippen LogP contribution in [-0.2, 0) is 16.6 Å². The van der Waals surface area contributed by atoms with Crippen LogP contribution in [-0.4, -0.2) is 53.6 Å². The summed E-state index contributed by atoms with van der Waals surface area (Å²) >= 11 is 2.26. The van der Waals surface area contributed by atoms with Gasteiger partial charge >= 0.3 is 29.6 Å². The van der Waals surface area contributed by atoms with E-state index in [0.717, 1.165) is 16.7 Å². The molecule has 22 heavy (non-hydrogen) atoms. The molecule has 0 saturated carbocycles. The summed E-state index contributed by atoms with van der Waals surface area (Å²) in [7, 11) is 1.62. The molecule has 3 heterocycles. The Balaban J connectivity index is 0.00000176. The van der Waals surface area contributed by atoms with Gasteiger partial charge in [-0.05, 0) is 29.1 Å². The Morgan fingerprint density at radius 2 is 2.23 bits per heavy atom. The van der Waals surface area contributed by atoms with Gasteiger partial charge in [0.05, 0.1) is 27.9 Å². The van der Waals surface area contributed by atoms with Crippen molar-refractivity contribution in [2.24, 2.45) is 13.0 Å². The Morgan fingerprint density at radius 1 is 1.55 bits per heavy atom. The largest absolute Gasteiger partial charge is 1.00 e. The molecular weight excluding hydrogens is 341 g/mol. The van der Waals surface area contributed by atoms with Crippen LogP contribution in [0, 0.1) is 5.92 Å². The van der Waals surface area contributed by atoms with Crippen molar-refractivity contribution < 1.29 is 49.4 Å². The van der Waals surface area contributed by atoms with Crippen LogP contribution in [0.4, 0.5) is 0 Å². The molecule has 112 valence electrons. The summed E-state index contributed by atoms with van der Waals surface area (Å²) in [4.78, 5) is 24.5. The number of aliphatic hydroxyl groups excluding tert-OH is 1. The van der Waals surface area contributed by atoms with E-state index >= 15 is 0 Å². The number of carbonyl (C=O) groups excluding carboxylic acids is 2. The number of rotatable bonds is 4. The summed E-state index contributed by atoms with van der Waals surface area (Å²) in [6.07, 6.45) is -0.838. The van der Waals surface area contributed by atoms with Crippen LogP contribution in [0.1, 0.15) is 6.92 Å². The number of aliphatic carboxylic acids is 1. The zero-order valence-electron chi connectivity index (χ0n) is 12.0. The molecule has 1 amide bonds. The maximum absolute atomic E-state index is 12.0. The number of hydrogen-bond donors (Lipinski definition) is 1. The Bertz CT molecular complexity index is 663. The predicted molar refractivity (Wildman–Crippen MR) is 70.1 cm³/mol. The second-order valence-electron chi connectivity index (χ2n) is 4.59. The molecule has 0 spiro atoms. The number of carboxylic acids is 1. The van der Waals surface area contributed by atoms with Gasteiger partial charge in [-0.3, -0.25) is 9.69 Å². The average molecular weight is 351 g/mol. The molecular formula is C10H10N5NaO4S2. The van der Waals surface area contributed by atoms with Crippen molar-refractivity contribution in [2.75, 3.05) is 0 Å². The van der Waals surface area contributed by atoms with Gasteiger partial charge in [0.15, 0.2) is 0 Å². The molecule has 0 aliphatic carbocycles. The van der Waals surface area contributed by atoms with E-state index in [9.17, 15) is 19.8 Å². The van der Waals surface area contributed by atoms with E-state index in [2.05, 4.69) is 15.5 Å². The van der Waals surface area contributed by atoms with Crippen molar-refractivity contribution in [1.29, 1.82) is 0 Å². The van der Waals surface area contributed by atoms with Gasteiger partial charge in [0, 0.05) is 7.05 Å². The molecule has 3 rings (SSSR count). The molecule has 0 aromatic carbocycles. The number of aromatic nitrogens is 4. The monoisotopic (exact) mass is 351 g/mol. The van der Waals surface area contributed by atoms with Crippen molar-refractivity contribution in [1.82, 2.24) is 25.1 Å². The van der Waals surface area contributed by atoms with Gasteiger partial charge in [-0.25, -0.2) is 4.68 Å². The molecule has 1 unspecified atom stereocenters. The number of aryl methyl sites for hydroxylation is 1. The Morgan fingerprint density at radius 3 is 2.73 bits per heavy atom. The number of tetrazole rings is 1. The Hall–Kier alpha value is -0.590. The van der Waals surface area contributed by atoms with Gasteiger partial charge in [-0.1, -0.05) is 11.8 Å². The summed E-state index contributed by atoms with van der Waals surface area (Å²) in [5.41, 5.74) is -0.181. The number of thioether (sulfide) groups is 2. The van der Waals surface area contributed by atoms with Crippen molar-refractivity contribution >= 4 is 35.4 Å². The van der Waals surface area contributed by atoms with Crippen LogP contribution in [0.5, 0.6) is 0 Å². The standard InChI is InChI=1S/C10H11N5O4S2.Na/c1-3(16)4-6(17)15-5(8(18)19)9(20-7(4)15)21-10-11-12-13-14(10)2;/h3-4,7,16H,1-2H3,(H,18,19);/q;+1/p-1/t3?,4-,7-;/m1./s1. The van der Waals surface area contributed by atoms with Crippen LogP contribution < -0.4 is 34.7 Å². The third kappa shape index (κ3) is 2.69. The summed E-state index contributed by atoms with van der Waals surface area (Å²) in [5.74, 6) is -2.45. The number of aliphatic hydroxyl groups is 1. The third-order valence-electron chi connectivity index (χ3n) is 3.22. The minimum Gasteiger partial charge on any atom is -0.543 e. The van der Waals surface area contributed by atoms with Crippen molar-refractivity contribution in [2.45, 2.75) is 23.6 Å². The molecule has 0 radical (unpaired) electrons. The van der Waals surface area contributed by atoms with E-state index in [4.69, 9.17) is 0 Å². The van der Waals surface area contributed by atoms with Gasteiger partial charge in [-0.2, -0.15) is 0 Å². The second-order valence-corrected chi connectivity index (χ2v) is 6.96. The Labute approximate surface area is 155 Å². The first-order chi connectivity index (χ1) is 9.91. The average Bonchev–Trinajstić information content (AvgIpc) is 2.92. The zero-order chi connectivity index (χ0) is 15.3. The molecule has 0 bridgehead atoms. The molecule has 1 aromatic heterocycles. The van der Waals surface area contributed by atoms with Crippen molar-refractivity contribution in [3.05, 3.63) is 9.93 Å². The molecule has 1 saturated heterocycles. The van der Waals surface area contributed by atoms with E-state index in [1.807, 2.05) is 0 Å². The minimum atomic E-state index is -1.43. The number of carboxylic acid groups (broad SMARTS) is 1. The zero-order valence-corrected chi connectivity index (χ0v) is 15.6. The number of hydrogen-bond acceptors (Lipinski definition) is 9. The smallest absolute Gasteiger partial charge is 0.543 e. The number of nitrogens with zero attached hydrogens (tertiary/aromatic N) is 5. The second kappa shape index (κ2) is 6.49. The van der Waals surface area contributed by atoms with Gasteiger partial charge in [0.1, 0.15) is 5.37 Å².